The number of aryl methyl sites for hydroxylation is 1. The summed E-state index contributed by atoms with van der Waals surface area (Å²) in [6.45, 7) is -0.725. The van der Waals surface area contributed by atoms with Gasteiger partial charge in [0.15, 0.2) is 11.5 Å². The molecule has 0 bridgehead atoms. The maximum absolute atomic E-state index is 12.5. The van der Waals surface area contributed by atoms with Gasteiger partial charge < -0.3 is 14.8 Å². The topological polar surface area (TPSA) is 60.5 Å². The van der Waals surface area contributed by atoms with Crippen LogP contribution in [0.4, 0.5) is 8.78 Å². The Balaban J connectivity index is 1.61. The quantitative estimate of drug-likeness (QED) is 0.576. The van der Waals surface area contributed by atoms with E-state index < -0.39 is 6.61 Å². The Hall–Kier alpha value is -3.00. The van der Waals surface area contributed by atoms with Crippen LogP contribution >= 0.6 is 11.3 Å². The Morgan fingerprint density at radius 2 is 1.93 bits per heavy atom. The second kappa shape index (κ2) is 9.47. The molecular weight excluding hydrogens is 398 g/mol. The summed E-state index contributed by atoms with van der Waals surface area (Å²) in [4.78, 5) is 17.6. The Morgan fingerprint density at radius 1 is 1.17 bits per heavy atom. The van der Waals surface area contributed by atoms with Crippen LogP contribution in [0.1, 0.15) is 20.9 Å². The summed E-state index contributed by atoms with van der Waals surface area (Å²) in [6.07, 6.45) is 0.514. The first-order valence-corrected chi connectivity index (χ1v) is 9.72. The number of hydrogen-bond acceptors (Lipinski definition) is 5. The highest BCUT2D eigenvalue weighted by Crippen LogP contribution is 2.30. The first-order chi connectivity index (χ1) is 14.0. The third-order valence-corrected chi connectivity index (χ3v) is 5.37. The van der Waals surface area contributed by atoms with Crippen molar-refractivity contribution in [2.45, 2.75) is 20.0 Å². The van der Waals surface area contributed by atoms with Gasteiger partial charge in [0.1, 0.15) is 9.88 Å². The molecule has 0 saturated carbocycles. The Kier molecular flexibility index (Phi) is 6.77. The SMILES string of the molecule is COc1cc(CCNC(=O)c2sc(-c3ccccc3)nc2C)ccc1OC(F)F. The van der Waals surface area contributed by atoms with E-state index in [-0.39, 0.29) is 17.4 Å². The molecule has 0 aliphatic rings. The van der Waals surface area contributed by atoms with Crippen molar-refractivity contribution in [2.24, 2.45) is 0 Å². The number of thiazole rings is 1. The van der Waals surface area contributed by atoms with Crippen LogP contribution in [0, 0.1) is 6.92 Å². The molecule has 0 radical (unpaired) electrons. The lowest BCUT2D eigenvalue weighted by Crippen LogP contribution is -2.25. The molecule has 1 amide bonds. The average molecular weight is 418 g/mol. The van der Waals surface area contributed by atoms with E-state index in [2.05, 4.69) is 15.0 Å². The zero-order valence-corrected chi connectivity index (χ0v) is 16.8. The molecule has 152 valence electrons. The molecule has 1 heterocycles. The van der Waals surface area contributed by atoms with Crippen molar-refractivity contribution >= 4 is 17.2 Å². The number of amides is 1. The molecule has 1 aromatic heterocycles. The second-order valence-corrected chi connectivity index (χ2v) is 7.17. The molecule has 0 saturated heterocycles. The van der Waals surface area contributed by atoms with Crippen LogP contribution in [0.25, 0.3) is 10.6 Å². The molecule has 0 aliphatic carbocycles. The number of nitrogens with one attached hydrogen (secondary N) is 1. The van der Waals surface area contributed by atoms with Crippen LogP contribution in [-0.4, -0.2) is 31.2 Å². The van der Waals surface area contributed by atoms with Crippen molar-refractivity contribution in [3.05, 3.63) is 64.7 Å². The zero-order chi connectivity index (χ0) is 20.8. The summed E-state index contributed by atoms with van der Waals surface area (Å²) in [6, 6.07) is 14.4. The molecule has 8 heteroatoms. The van der Waals surface area contributed by atoms with E-state index in [9.17, 15) is 13.6 Å². The van der Waals surface area contributed by atoms with E-state index in [1.807, 2.05) is 37.3 Å². The molecule has 0 fully saturated rings. The van der Waals surface area contributed by atoms with Gasteiger partial charge in [0, 0.05) is 12.1 Å². The molecule has 3 rings (SSSR count). The van der Waals surface area contributed by atoms with Crippen molar-refractivity contribution in [3.63, 3.8) is 0 Å². The van der Waals surface area contributed by atoms with Gasteiger partial charge in [0.05, 0.1) is 12.8 Å². The van der Waals surface area contributed by atoms with Gasteiger partial charge in [-0.15, -0.1) is 11.3 Å². The largest absolute Gasteiger partial charge is 0.493 e. The Bertz CT molecular complexity index is 977. The van der Waals surface area contributed by atoms with Gasteiger partial charge in [-0.1, -0.05) is 36.4 Å². The van der Waals surface area contributed by atoms with E-state index in [4.69, 9.17) is 4.74 Å². The molecule has 5 nitrogen and oxygen atoms in total. The minimum atomic E-state index is -2.92. The number of hydrogen-bond donors (Lipinski definition) is 1. The van der Waals surface area contributed by atoms with Crippen LogP contribution in [0.15, 0.2) is 48.5 Å². The summed E-state index contributed by atoms with van der Waals surface area (Å²) >= 11 is 1.35. The lowest BCUT2D eigenvalue weighted by atomic mass is 10.1. The van der Waals surface area contributed by atoms with Crippen LogP contribution in [0.5, 0.6) is 11.5 Å². The molecule has 3 aromatic rings. The number of rotatable bonds is 8. The highest BCUT2D eigenvalue weighted by molar-refractivity contribution is 7.17. The summed E-state index contributed by atoms with van der Waals surface area (Å²) in [5, 5.41) is 3.68. The number of benzene rings is 2. The van der Waals surface area contributed by atoms with Crippen molar-refractivity contribution in [1.82, 2.24) is 10.3 Å². The Labute approximate surface area is 171 Å². The van der Waals surface area contributed by atoms with Crippen LogP contribution in [0.3, 0.4) is 0 Å². The van der Waals surface area contributed by atoms with Crippen LogP contribution in [0.2, 0.25) is 0 Å². The third kappa shape index (κ3) is 5.29. The van der Waals surface area contributed by atoms with Gasteiger partial charge in [0.25, 0.3) is 5.91 Å². The normalized spacial score (nSPS) is 10.8. The highest BCUT2D eigenvalue weighted by atomic mass is 32.1. The van der Waals surface area contributed by atoms with E-state index in [1.54, 1.807) is 12.1 Å². The molecule has 1 N–H and O–H groups in total. The number of methoxy groups -OCH3 is 1. The highest BCUT2D eigenvalue weighted by Gasteiger charge is 2.16. The first kappa shape index (κ1) is 20.7. The molecule has 2 aromatic carbocycles. The number of carbonyl (C=O) groups excluding carboxylic acids is 1. The maximum atomic E-state index is 12.5. The zero-order valence-electron chi connectivity index (χ0n) is 15.9. The van der Waals surface area contributed by atoms with Crippen LogP contribution in [-0.2, 0) is 6.42 Å². The summed E-state index contributed by atoms with van der Waals surface area (Å²) in [5.74, 6) is 0.00995. The fourth-order valence-corrected chi connectivity index (χ4v) is 3.76. The molecule has 0 aliphatic heterocycles. The smallest absolute Gasteiger partial charge is 0.387 e. The average Bonchev–Trinajstić information content (AvgIpc) is 3.11. The molecule has 29 heavy (non-hydrogen) atoms. The predicted octanol–water partition coefficient (Wildman–Crippen LogP) is 4.70. The van der Waals surface area contributed by atoms with E-state index in [1.165, 1.54) is 24.5 Å². The maximum Gasteiger partial charge on any atom is 0.387 e. The Morgan fingerprint density at radius 3 is 2.62 bits per heavy atom. The second-order valence-electron chi connectivity index (χ2n) is 6.17. The summed E-state index contributed by atoms with van der Waals surface area (Å²) in [5.41, 5.74) is 2.48. The third-order valence-electron chi connectivity index (χ3n) is 4.17. The van der Waals surface area contributed by atoms with Crippen molar-refractivity contribution in [3.8, 4) is 22.1 Å². The summed E-state index contributed by atoms with van der Waals surface area (Å²) < 4.78 is 34.3. The van der Waals surface area contributed by atoms with Crippen molar-refractivity contribution < 1.29 is 23.0 Å². The minimum absolute atomic E-state index is 0.0241. The molecular formula is C21H20F2N2O3S. The standard InChI is InChI=1S/C21H20F2N2O3S/c1-13-18(29-20(25-13)15-6-4-3-5-7-15)19(26)24-11-10-14-8-9-16(28-21(22)23)17(12-14)27-2/h3-9,12,21H,10-11H2,1-2H3,(H,24,26). The number of alkyl halides is 2. The lowest BCUT2D eigenvalue weighted by Gasteiger charge is -2.11. The van der Waals surface area contributed by atoms with Gasteiger partial charge >= 0.3 is 6.61 Å². The van der Waals surface area contributed by atoms with E-state index in [0.717, 1.165) is 16.1 Å². The van der Waals surface area contributed by atoms with Crippen molar-refractivity contribution in [2.75, 3.05) is 13.7 Å². The minimum Gasteiger partial charge on any atom is -0.493 e. The number of aromatic nitrogens is 1. The lowest BCUT2D eigenvalue weighted by molar-refractivity contribution is -0.0512. The number of ether oxygens (including phenoxy) is 2. The number of halogens is 2. The van der Waals surface area contributed by atoms with E-state index in [0.29, 0.717) is 23.5 Å². The van der Waals surface area contributed by atoms with Crippen molar-refractivity contribution in [1.29, 1.82) is 0 Å². The molecule has 0 spiro atoms. The predicted molar refractivity (Wildman–Crippen MR) is 108 cm³/mol. The van der Waals surface area contributed by atoms with Gasteiger partial charge in [0.2, 0.25) is 0 Å². The van der Waals surface area contributed by atoms with Gasteiger partial charge in [-0.2, -0.15) is 8.78 Å². The first-order valence-electron chi connectivity index (χ1n) is 8.90. The molecule has 0 atom stereocenters. The molecule has 0 unspecified atom stereocenters. The van der Waals surface area contributed by atoms with Gasteiger partial charge in [-0.05, 0) is 31.0 Å². The van der Waals surface area contributed by atoms with Crippen LogP contribution < -0.4 is 14.8 Å². The van der Waals surface area contributed by atoms with Gasteiger partial charge in [-0.3, -0.25) is 4.79 Å². The number of nitrogens with zero attached hydrogens (tertiary/aromatic N) is 1. The summed E-state index contributed by atoms with van der Waals surface area (Å²) in [7, 11) is 1.39. The fourth-order valence-electron chi connectivity index (χ4n) is 2.77. The fraction of sp³-hybridized carbons (Fsp3) is 0.238. The van der Waals surface area contributed by atoms with Gasteiger partial charge in [-0.25, -0.2) is 4.98 Å². The monoisotopic (exact) mass is 418 g/mol. The number of carbonyl (C=O) groups is 1. The van der Waals surface area contributed by atoms with E-state index >= 15 is 0 Å².